The molecule has 1 saturated heterocycles. The number of nitrogens with zero attached hydrogens (tertiary/aromatic N) is 1. The number of carboxylic acid groups (broad SMARTS) is 1. The summed E-state index contributed by atoms with van der Waals surface area (Å²) in [6, 6.07) is -0.651. The lowest BCUT2D eigenvalue weighted by Crippen LogP contribution is -2.45. The highest BCUT2D eigenvalue weighted by Gasteiger charge is 2.35. The fraction of sp³-hybridized carbons (Fsp3) is 0.778. The number of nitrogens with one attached hydrogen (secondary N) is 1. The van der Waals surface area contributed by atoms with Gasteiger partial charge < -0.3 is 15.3 Å². The van der Waals surface area contributed by atoms with Gasteiger partial charge in [0.2, 0.25) is 5.91 Å². The minimum atomic E-state index is -0.912. The van der Waals surface area contributed by atoms with Gasteiger partial charge in [-0.25, -0.2) is 4.79 Å². The molecule has 1 heterocycles. The van der Waals surface area contributed by atoms with Crippen LogP contribution in [0, 0.1) is 5.92 Å². The van der Waals surface area contributed by atoms with Crippen molar-refractivity contribution in [3.63, 3.8) is 0 Å². The van der Waals surface area contributed by atoms with Crippen LogP contribution in [0.25, 0.3) is 0 Å². The molecule has 0 saturated carbocycles. The molecule has 6 heteroatoms. The Balaban J connectivity index is 2.62. The zero-order valence-electron chi connectivity index (χ0n) is 8.90. The molecular weight excluding hydrogens is 216 g/mol. The fourth-order valence-corrected chi connectivity index (χ4v) is 2.70. The van der Waals surface area contributed by atoms with Crippen LogP contribution in [0.1, 0.15) is 6.92 Å². The first-order valence-corrected chi connectivity index (χ1v) is 5.99. The van der Waals surface area contributed by atoms with E-state index in [-0.39, 0.29) is 11.8 Å². The van der Waals surface area contributed by atoms with Gasteiger partial charge in [-0.2, -0.15) is 0 Å². The number of aliphatic carboxylic acids is 1. The maximum Gasteiger partial charge on any atom is 0.327 e. The van der Waals surface area contributed by atoms with Crippen LogP contribution >= 0.6 is 11.8 Å². The van der Waals surface area contributed by atoms with Crippen molar-refractivity contribution in [2.45, 2.75) is 13.0 Å². The van der Waals surface area contributed by atoms with Gasteiger partial charge >= 0.3 is 5.97 Å². The van der Waals surface area contributed by atoms with Crippen molar-refractivity contribution >= 4 is 23.6 Å². The van der Waals surface area contributed by atoms with Gasteiger partial charge in [-0.05, 0) is 7.05 Å². The number of amides is 1. The van der Waals surface area contributed by atoms with Gasteiger partial charge in [0.05, 0.1) is 5.88 Å². The summed E-state index contributed by atoms with van der Waals surface area (Å²) in [6.07, 6.45) is 0. The van der Waals surface area contributed by atoms with E-state index in [0.29, 0.717) is 18.2 Å². The van der Waals surface area contributed by atoms with Gasteiger partial charge in [-0.3, -0.25) is 4.79 Å². The van der Waals surface area contributed by atoms with Crippen molar-refractivity contribution in [2.24, 2.45) is 5.92 Å². The first-order valence-electron chi connectivity index (χ1n) is 4.83. The number of thioether (sulfide) groups is 1. The van der Waals surface area contributed by atoms with Crippen molar-refractivity contribution < 1.29 is 14.7 Å². The van der Waals surface area contributed by atoms with Gasteiger partial charge in [0.15, 0.2) is 0 Å². The van der Waals surface area contributed by atoms with Gasteiger partial charge in [0, 0.05) is 18.2 Å². The van der Waals surface area contributed by atoms with E-state index in [1.807, 2.05) is 0 Å². The fourth-order valence-electron chi connectivity index (χ4n) is 1.54. The average molecular weight is 232 g/mol. The van der Waals surface area contributed by atoms with Crippen LogP contribution in [0.15, 0.2) is 0 Å². The van der Waals surface area contributed by atoms with Crippen LogP contribution < -0.4 is 5.32 Å². The Labute approximate surface area is 93.2 Å². The number of carbonyl (C=O) groups is 2. The van der Waals surface area contributed by atoms with Crippen LogP contribution in [-0.2, 0) is 9.59 Å². The Morgan fingerprint density at radius 3 is 2.87 bits per heavy atom. The molecule has 0 aromatic heterocycles. The molecule has 1 amide bonds. The molecule has 1 fully saturated rings. The normalized spacial score (nSPS) is 22.8. The lowest BCUT2D eigenvalue weighted by molar-refractivity contribution is -0.149. The van der Waals surface area contributed by atoms with Crippen molar-refractivity contribution in [3.05, 3.63) is 0 Å². The van der Waals surface area contributed by atoms with E-state index >= 15 is 0 Å². The Morgan fingerprint density at radius 1 is 1.67 bits per heavy atom. The topological polar surface area (TPSA) is 69.6 Å². The highest BCUT2D eigenvalue weighted by atomic mass is 32.2. The number of carboxylic acids is 1. The molecule has 1 rings (SSSR count). The molecule has 0 aromatic rings. The van der Waals surface area contributed by atoms with Crippen LogP contribution in [0.3, 0.4) is 0 Å². The number of hydrogen-bond donors (Lipinski definition) is 2. The summed E-state index contributed by atoms with van der Waals surface area (Å²) in [5.74, 6) is -0.181. The first-order chi connectivity index (χ1) is 7.07. The van der Waals surface area contributed by atoms with E-state index in [0.717, 1.165) is 0 Å². The molecule has 1 unspecified atom stereocenters. The molecule has 1 aliphatic rings. The van der Waals surface area contributed by atoms with Crippen LogP contribution in [0.2, 0.25) is 0 Å². The van der Waals surface area contributed by atoms with Crippen molar-refractivity contribution in [1.82, 2.24) is 10.2 Å². The Kier molecular flexibility index (Phi) is 4.41. The molecule has 2 atom stereocenters. The molecular formula is C9H16N2O3S. The Hall–Kier alpha value is -0.750. The summed E-state index contributed by atoms with van der Waals surface area (Å²) >= 11 is 1.49. The Bertz CT molecular complexity index is 260. The maximum atomic E-state index is 11.9. The van der Waals surface area contributed by atoms with Gasteiger partial charge in [0.25, 0.3) is 0 Å². The van der Waals surface area contributed by atoms with E-state index < -0.39 is 12.0 Å². The second-order valence-corrected chi connectivity index (χ2v) is 4.62. The molecule has 15 heavy (non-hydrogen) atoms. The molecule has 0 radical (unpaired) electrons. The summed E-state index contributed by atoms with van der Waals surface area (Å²) in [4.78, 5) is 24.2. The first kappa shape index (κ1) is 12.3. The van der Waals surface area contributed by atoms with E-state index in [2.05, 4.69) is 5.32 Å². The number of carbonyl (C=O) groups excluding carboxylic acids is 1. The quantitative estimate of drug-likeness (QED) is 0.704. The lowest BCUT2D eigenvalue weighted by Gasteiger charge is -2.23. The van der Waals surface area contributed by atoms with Crippen LogP contribution in [0.4, 0.5) is 0 Å². The van der Waals surface area contributed by atoms with Gasteiger partial charge in [-0.1, -0.05) is 6.92 Å². The summed E-state index contributed by atoms with van der Waals surface area (Å²) in [5.41, 5.74) is 0. The number of rotatable bonds is 4. The molecule has 0 aliphatic carbocycles. The summed E-state index contributed by atoms with van der Waals surface area (Å²) in [5, 5.41) is 11.8. The highest BCUT2D eigenvalue weighted by molar-refractivity contribution is 7.99. The molecule has 1 aliphatic heterocycles. The second-order valence-electron chi connectivity index (χ2n) is 3.62. The zero-order chi connectivity index (χ0) is 11.4. The summed E-state index contributed by atoms with van der Waals surface area (Å²) in [6.45, 7) is 2.38. The molecule has 2 N–H and O–H groups in total. The van der Waals surface area contributed by atoms with Crippen LogP contribution in [0.5, 0.6) is 0 Å². The molecule has 5 nitrogen and oxygen atoms in total. The summed E-state index contributed by atoms with van der Waals surface area (Å²) < 4.78 is 0. The highest BCUT2D eigenvalue weighted by Crippen LogP contribution is 2.22. The maximum absolute atomic E-state index is 11.9. The molecule has 0 spiro atoms. The minimum absolute atomic E-state index is 0.0817. The monoisotopic (exact) mass is 232 g/mol. The SMILES string of the molecule is CNCC(C)C(=O)N1CSC[C@H]1C(=O)O. The third-order valence-corrected chi connectivity index (χ3v) is 3.39. The van der Waals surface area contributed by atoms with Crippen molar-refractivity contribution in [3.8, 4) is 0 Å². The largest absolute Gasteiger partial charge is 0.480 e. The van der Waals surface area contributed by atoms with E-state index in [1.54, 1.807) is 14.0 Å². The second kappa shape index (κ2) is 5.37. The van der Waals surface area contributed by atoms with E-state index in [1.165, 1.54) is 16.7 Å². The third kappa shape index (κ3) is 2.85. The molecule has 0 aromatic carbocycles. The minimum Gasteiger partial charge on any atom is -0.480 e. The van der Waals surface area contributed by atoms with Gasteiger partial charge in [0.1, 0.15) is 6.04 Å². The van der Waals surface area contributed by atoms with Crippen molar-refractivity contribution in [2.75, 3.05) is 25.2 Å². The van der Waals surface area contributed by atoms with E-state index in [9.17, 15) is 9.59 Å². The van der Waals surface area contributed by atoms with E-state index in [4.69, 9.17) is 5.11 Å². The third-order valence-electron chi connectivity index (χ3n) is 2.38. The Morgan fingerprint density at radius 2 is 2.33 bits per heavy atom. The smallest absolute Gasteiger partial charge is 0.327 e. The predicted molar refractivity (Wildman–Crippen MR) is 58.7 cm³/mol. The van der Waals surface area contributed by atoms with Crippen LogP contribution in [-0.4, -0.2) is 53.1 Å². The lowest BCUT2D eigenvalue weighted by atomic mass is 10.1. The zero-order valence-corrected chi connectivity index (χ0v) is 9.71. The molecule has 0 bridgehead atoms. The van der Waals surface area contributed by atoms with Crippen molar-refractivity contribution in [1.29, 1.82) is 0 Å². The molecule has 86 valence electrons. The predicted octanol–water partition coefficient (Wildman–Crippen LogP) is -0.172. The average Bonchev–Trinajstić information content (AvgIpc) is 2.65. The number of hydrogen-bond acceptors (Lipinski definition) is 4. The standard InChI is InChI=1S/C9H16N2O3S/c1-6(3-10-2)8(12)11-5-15-4-7(11)9(13)14/h6-7,10H,3-5H2,1-2H3,(H,13,14)/t6?,7-/m0/s1. The summed E-state index contributed by atoms with van der Waals surface area (Å²) in [7, 11) is 1.77. The van der Waals surface area contributed by atoms with Gasteiger partial charge in [-0.15, -0.1) is 11.8 Å².